The highest BCUT2D eigenvalue weighted by molar-refractivity contribution is 9.10. The molecule has 1 aromatic heterocycles. The molecule has 0 aromatic carbocycles. The van der Waals surface area contributed by atoms with Gasteiger partial charge in [0.15, 0.2) is 0 Å². The summed E-state index contributed by atoms with van der Waals surface area (Å²) in [7, 11) is 0. The standard InChI is InChI=1S/C7H2BrClF3NO/c8-2-1-3(10)13-5(7(11)12)4(2)6(9)14/h1,7H. The minimum Gasteiger partial charge on any atom is -0.275 e. The van der Waals surface area contributed by atoms with Crippen molar-refractivity contribution in [3.8, 4) is 0 Å². The maximum Gasteiger partial charge on any atom is 0.281 e. The van der Waals surface area contributed by atoms with Crippen molar-refractivity contribution in [2.75, 3.05) is 0 Å². The van der Waals surface area contributed by atoms with Crippen LogP contribution in [0.1, 0.15) is 22.5 Å². The molecule has 1 rings (SSSR count). The summed E-state index contributed by atoms with van der Waals surface area (Å²) in [6.45, 7) is 0. The highest BCUT2D eigenvalue weighted by Crippen LogP contribution is 2.28. The summed E-state index contributed by atoms with van der Waals surface area (Å²) in [5.41, 5.74) is -1.47. The van der Waals surface area contributed by atoms with Crippen molar-refractivity contribution < 1.29 is 18.0 Å². The highest BCUT2D eigenvalue weighted by atomic mass is 79.9. The van der Waals surface area contributed by atoms with E-state index in [1.165, 1.54) is 0 Å². The number of pyridine rings is 1. The van der Waals surface area contributed by atoms with Crippen LogP contribution in [0.15, 0.2) is 10.5 Å². The third-order valence-electron chi connectivity index (χ3n) is 1.37. The van der Waals surface area contributed by atoms with Crippen molar-refractivity contribution >= 4 is 32.8 Å². The first-order valence-corrected chi connectivity index (χ1v) is 4.44. The zero-order chi connectivity index (χ0) is 10.9. The second-order valence-electron chi connectivity index (χ2n) is 2.26. The lowest BCUT2D eigenvalue weighted by atomic mass is 10.2. The summed E-state index contributed by atoms with van der Waals surface area (Å²) in [6, 6.07) is 0.793. The minimum atomic E-state index is -3.06. The number of aromatic nitrogens is 1. The SMILES string of the molecule is O=C(Cl)c1c(Br)cc(F)nc1C(F)F. The number of carbonyl (C=O) groups is 1. The first-order valence-electron chi connectivity index (χ1n) is 3.27. The van der Waals surface area contributed by atoms with Gasteiger partial charge in [0, 0.05) is 10.5 Å². The van der Waals surface area contributed by atoms with Gasteiger partial charge in [0.2, 0.25) is 5.95 Å². The van der Waals surface area contributed by atoms with Crippen LogP contribution in [-0.4, -0.2) is 10.2 Å². The van der Waals surface area contributed by atoms with Crippen LogP contribution >= 0.6 is 27.5 Å². The van der Waals surface area contributed by atoms with Gasteiger partial charge in [0.1, 0.15) is 5.69 Å². The van der Waals surface area contributed by atoms with Gasteiger partial charge in [-0.3, -0.25) is 4.79 Å². The first kappa shape index (κ1) is 11.5. The molecule has 0 aliphatic heterocycles. The van der Waals surface area contributed by atoms with E-state index in [1.54, 1.807) is 0 Å². The zero-order valence-electron chi connectivity index (χ0n) is 6.40. The third-order valence-corrected chi connectivity index (χ3v) is 2.19. The molecule has 2 nitrogen and oxygen atoms in total. The summed E-state index contributed by atoms with van der Waals surface area (Å²) in [6.07, 6.45) is -3.06. The maximum atomic E-state index is 12.6. The van der Waals surface area contributed by atoms with Crippen LogP contribution in [0, 0.1) is 5.95 Å². The Labute approximate surface area is 90.2 Å². The summed E-state index contributed by atoms with van der Waals surface area (Å²) in [4.78, 5) is 13.6. The van der Waals surface area contributed by atoms with Crippen LogP contribution in [0.3, 0.4) is 0 Å². The van der Waals surface area contributed by atoms with E-state index in [4.69, 9.17) is 11.6 Å². The van der Waals surface area contributed by atoms with Crippen molar-refractivity contribution in [3.05, 3.63) is 27.7 Å². The van der Waals surface area contributed by atoms with Crippen molar-refractivity contribution in [1.82, 2.24) is 4.98 Å². The van der Waals surface area contributed by atoms with Crippen LogP contribution in [0.2, 0.25) is 0 Å². The highest BCUT2D eigenvalue weighted by Gasteiger charge is 2.23. The predicted molar refractivity (Wildman–Crippen MR) is 47.0 cm³/mol. The van der Waals surface area contributed by atoms with Gasteiger partial charge >= 0.3 is 0 Å². The van der Waals surface area contributed by atoms with Gasteiger partial charge in [0.25, 0.3) is 11.7 Å². The fourth-order valence-electron chi connectivity index (χ4n) is 0.855. The van der Waals surface area contributed by atoms with E-state index in [-0.39, 0.29) is 4.47 Å². The van der Waals surface area contributed by atoms with Gasteiger partial charge < -0.3 is 0 Å². The Kier molecular flexibility index (Phi) is 3.49. The number of hydrogen-bond donors (Lipinski definition) is 0. The summed E-state index contributed by atoms with van der Waals surface area (Å²) >= 11 is 7.79. The van der Waals surface area contributed by atoms with Crippen LogP contribution in [-0.2, 0) is 0 Å². The van der Waals surface area contributed by atoms with E-state index in [0.717, 1.165) is 6.07 Å². The van der Waals surface area contributed by atoms with E-state index >= 15 is 0 Å². The maximum absolute atomic E-state index is 12.6. The minimum absolute atomic E-state index is 0.139. The molecule has 0 unspecified atom stereocenters. The molecule has 0 fully saturated rings. The molecule has 1 aromatic rings. The Morgan fingerprint density at radius 3 is 2.57 bits per heavy atom. The molecule has 0 saturated carbocycles. The Bertz CT molecular complexity index is 385. The molecule has 0 aliphatic carbocycles. The van der Waals surface area contributed by atoms with Gasteiger partial charge in [-0.25, -0.2) is 13.8 Å². The van der Waals surface area contributed by atoms with Gasteiger partial charge in [-0.1, -0.05) is 0 Å². The molecular formula is C7H2BrClF3NO. The second-order valence-corrected chi connectivity index (χ2v) is 3.46. The Morgan fingerprint density at radius 2 is 2.14 bits per heavy atom. The fraction of sp³-hybridized carbons (Fsp3) is 0.143. The molecule has 0 amide bonds. The average Bonchev–Trinajstić information content (AvgIpc) is 2.01. The lowest BCUT2D eigenvalue weighted by Crippen LogP contribution is -2.04. The molecule has 0 saturated heterocycles. The molecule has 14 heavy (non-hydrogen) atoms. The molecule has 0 bridgehead atoms. The number of rotatable bonds is 2. The van der Waals surface area contributed by atoms with Crippen molar-refractivity contribution in [2.45, 2.75) is 6.43 Å². The zero-order valence-corrected chi connectivity index (χ0v) is 8.74. The first-order chi connectivity index (χ1) is 6.43. The van der Waals surface area contributed by atoms with Crippen LogP contribution in [0.25, 0.3) is 0 Å². The van der Waals surface area contributed by atoms with Gasteiger partial charge in [-0.15, -0.1) is 0 Å². The van der Waals surface area contributed by atoms with E-state index in [9.17, 15) is 18.0 Å². The molecule has 7 heteroatoms. The third kappa shape index (κ3) is 2.24. The van der Waals surface area contributed by atoms with Crippen LogP contribution < -0.4 is 0 Å². The van der Waals surface area contributed by atoms with Gasteiger partial charge in [0.05, 0.1) is 5.56 Å². The summed E-state index contributed by atoms with van der Waals surface area (Å²) in [5.74, 6) is -1.10. The normalized spacial score (nSPS) is 10.7. The second kappa shape index (κ2) is 4.27. The number of alkyl halides is 2. The molecule has 0 N–H and O–H groups in total. The quantitative estimate of drug-likeness (QED) is 0.617. The van der Waals surface area contributed by atoms with Crippen LogP contribution in [0.5, 0.6) is 0 Å². The van der Waals surface area contributed by atoms with E-state index in [1.807, 2.05) is 0 Å². The van der Waals surface area contributed by atoms with Crippen molar-refractivity contribution in [3.63, 3.8) is 0 Å². The van der Waals surface area contributed by atoms with E-state index in [2.05, 4.69) is 20.9 Å². The molecule has 0 radical (unpaired) electrons. The lowest BCUT2D eigenvalue weighted by Gasteiger charge is -2.05. The topological polar surface area (TPSA) is 30.0 Å². The Morgan fingerprint density at radius 1 is 1.57 bits per heavy atom. The van der Waals surface area contributed by atoms with Gasteiger partial charge in [-0.2, -0.15) is 4.39 Å². The number of nitrogens with zero attached hydrogens (tertiary/aromatic N) is 1. The number of hydrogen-bond acceptors (Lipinski definition) is 2. The van der Waals surface area contributed by atoms with Crippen LogP contribution in [0.4, 0.5) is 13.2 Å². The van der Waals surface area contributed by atoms with Gasteiger partial charge in [-0.05, 0) is 27.5 Å². The smallest absolute Gasteiger partial charge is 0.275 e. The molecule has 0 spiro atoms. The molecule has 0 aliphatic rings. The van der Waals surface area contributed by atoms with Crippen molar-refractivity contribution in [1.29, 1.82) is 0 Å². The average molecular weight is 288 g/mol. The van der Waals surface area contributed by atoms with E-state index in [0.29, 0.717) is 0 Å². The number of carbonyl (C=O) groups excluding carboxylic acids is 1. The summed E-state index contributed by atoms with van der Waals surface area (Å²) < 4.78 is 37.0. The largest absolute Gasteiger partial charge is 0.281 e. The summed E-state index contributed by atoms with van der Waals surface area (Å²) in [5, 5.41) is -1.11. The number of halogens is 5. The Balaban J connectivity index is 3.44. The molecule has 1 heterocycles. The van der Waals surface area contributed by atoms with Crippen molar-refractivity contribution in [2.24, 2.45) is 0 Å². The Hall–Kier alpha value is -0.620. The molecule has 0 atom stereocenters. The molecule has 76 valence electrons. The monoisotopic (exact) mass is 287 g/mol. The fourth-order valence-corrected chi connectivity index (χ4v) is 1.74. The van der Waals surface area contributed by atoms with E-state index < -0.39 is 28.9 Å². The lowest BCUT2D eigenvalue weighted by molar-refractivity contribution is 0.106. The predicted octanol–water partition coefficient (Wildman–Crippen LogP) is 3.30. The molecular weight excluding hydrogens is 286 g/mol.